The number of likely N-dealkylation sites (tertiary alicyclic amines) is 1. The van der Waals surface area contributed by atoms with Crippen molar-refractivity contribution in [3.05, 3.63) is 35.4 Å². The molecule has 0 bridgehead atoms. The second-order valence-corrected chi connectivity index (χ2v) is 9.72. The number of carbonyl (C=O) groups excluding carboxylic acids is 2. The number of amides is 2. The lowest BCUT2D eigenvalue weighted by molar-refractivity contribution is -0.135. The first-order valence-electron chi connectivity index (χ1n) is 10.3. The lowest BCUT2D eigenvalue weighted by Crippen LogP contribution is -2.42. The van der Waals surface area contributed by atoms with Crippen LogP contribution in [-0.2, 0) is 31.9 Å². The van der Waals surface area contributed by atoms with E-state index in [0.29, 0.717) is 44.5 Å². The number of rotatable bonds is 9. The van der Waals surface area contributed by atoms with Gasteiger partial charge in [-0.2, -0.15) is 0 Å². The Balaban J connectivity index is 1.79. The summed E-state index contributed by atoms with van der Waals surface area (Å²) in [6, 6.07) is 7.10. The van der Waals surface area contributed by atoms with Crippen LogP contribution < -0.4 is 10.0 Å². The maximum Gasteiger partial charge on any atom is 0.223 e. The zero-order valence-electron chi connectivity index (χ0n) is 17.6. The molecule has 0 aromatic heterocycles. The van der Waals surface area contributed by atoms with Crippen LogP contribution in [0.25, 0.3) is 0 Å². The van der Waals surface area contributed by atoms with Crippen LogP contribution in [0.2, 0.25) is 0 Å². The summed E-state index contributed by atoms with van der Waals surface area (Å²) in [4.78, 5) is 26.2. The molecule has 1 aliphatic heterocycles. The molecule has 0 radical (unpaired) electrons. The molecule has 1 aliphatic rings. The highest BCUT2D eigenvalue weighted by atomic mass is 32.2. The number of piperidine rings is 1. The molecule has 2 rings (SSSR count). The monoisotopic (exact) mass is 423 g/mol. The van der Waals surface area contributed by atoms with Gasteiger partial charge in [0.15, 0.2) is 0 Å². The third kappa shape index (κ3) is 7.78. The van der Waals surface area contributed by atoms with E-state index in [2.05, 4.69) is 10.0 Å². The first kappa shape index (κ1) is 23.3. The van der Waals surface area contributed by atoms with Gasteiger partial charge < -0.3 is 10.2 Å². The predicted molar refractivity (Wildman–Crippen MR) is 113 cm³/mol. The molecule has 29 heavy (non-hydrogen) atoms. The zero-order valence-corrected chi connectivity index (χ0v) is 18.4. The van der Waals surface area contributed by atoms with Crippen molar-refractivity contribution in [1.82, 2.24) is 14.9 Å². The smallest absolute Gasteiger partial charge is 0.223 e. The summed E-state index contributed by atoms with van der Waals surface area (Å²) in [7, 11) is -3.35. The standard InChI is InChI=1S/C21H33N3O4S/c1-4-5-20(25)24-12-10-19(11-13-24)21(26)22-14-17-6-8-18(9-7-17)15-29(27,28)23-16(2)3/h6-9,16,19,23H,4-5,10-15H2,1-3H3,(H,22,26). The Kier molecular flexibility index (Phi) is 8.64. The third-order valence-electron chi connectivity index (χ3n) is 4.94. The van der Waals surface area contributed by atoms with Crippen LogP contribution in [0.4, 0.5) is 0 Å². The van der Waals surface area contributed by atoms with Gasteiger partial charge >= 0.3 is 0 Å². The Morgan fingerprint density at radius 1 is 1.10 bits per heavy atom. The minimum Gasteiger partial charge on any atom is -0.352 e. The average molecular weight is 424 g/mol. The van der Waals surface area contributed by atoms with Gasteiger partial charge in [0.2, 0.25) is 21.8 Å². The molecule has 0 unspecified atom stereocenters. The van der Waals surface area contributed by atoms with E-state index >= 15 is 0 Å². The van der Waals surface area contributed by atoms with Gasteiger partial charge in [-0.3, -0.25) is 9.59 Å². The summed E-state index contributed by atoms with van der Waals surface area (Å²) in [6.45, 7) is 7.26. The maximum atomic E-state index is 12.4. The van der Waals surface area contributed by atoms with Crippen molar-refractivity contribution in [3.8, 4) is 0 Å². The van der Waals surface area contributed by atoms with Gasteiger partial charge in [-0.1, -0.05) is 31.2 Å². The molecule has 1 aromatic carbocycles. The van der Waals surface area contributed by atoms with Crippen LogP contribution in [0.5, 0.6) is 0 Å². The lowest BCUT2D eigenvalue weighted by Gasteiger charge is -2.31. The summed E-state index contributed by atoms with van der Waals surface area (Å²) in [5, 5.41) is 2.96. The van der Waals surface area contributed by atoms with Gasteiger partial charge in [0.25, 0.3) is 0 Å². The van der Waals surface area contributed by atoms with Crippen molar-refractivity contribution in [3.63, 3.8) is 0 Å². The fraction of sp³-hybridized carbons (Fsp3) is 0.619. The molecular weight excluding hydrogens is 390 g/mol. The molecule has 2 amide bonds. The number of nitrogens with one attached hydrogen (secondary N) is 2. The van der Waals surface area contributed by atoms with Crippen LogP contribution in [0.1, 0.15) is 57.6 Å². The molecule has 1 heterocycles. The summed E-state index contributed by atoms with van der Waals surface area (Å²) < 4.78 is 26.6. The Morgan fingerprint density at radius 2 is 1.69 bits per heavy atom. The lowest BCUT2D eigenvalue weighted by atomic mass is 9.95. The third-order valence-corrected chi connectivity index (χ3v) is 6.49. The van der Waals surface area contributed by atoms with Crippen molar-refractivity contribution in [2.24, 2.45) is 5.92 Å². The van der Waals surface area contributed by atoms with Crippen LogP contribution in [0, 0.1) is 5.92 Å². The Morgan fingerprint density at radius 3 is 2.24 bits per heavy atom. The first-order valence-corrected chi connectivity index (χ1v) is 12.0. The van der Waals surface area contributed by atoms with Crippen LogP contribution >= 0.6 is 0 Å². The number of hydrogen-bond donors (Lipinski definition) is 2. The van der Waals surface area contributed by atoms with E-state index in [4.69, 9.17) is 0 Å². The van der Waals surface area contributed by atoms with Crippen LogP contribution in [0.15, 0.2) is 24.3 Å². The normalized spacial score (nSPS) is 15.5. The Hall–Kier alpha value is -1.93. The summed E-state index contributed by atoms with van der Waals surface area (Å²) >= 11 is 0. The number of carbonyl (C=O) groups is 2. The predicted octanol–water partition coefficient (Wildman–Crippen LogP) is 2.17. The highest BCUT2D eigenvalue weighted by molar-refractivity contribution is 7.88. The molecule has 8 heteroatoms. The summed E-state index contributed by atoms with van der Waals surface area (Å²) in [5.74, 6) is 0.0669. The van der Waals surface area contributed by atoms with Crippen molar-refractivity contribution in [2.45, 2.75) is 64.8 Å². The maximum absolute atomic E-state index is 12.4. The quantitative estimate of drug-likeness (QED) is 0.636. The average Bonchev–Trinajstić information content (AvgIpc) is 2.66. The van der Waals surface area contributed by atoms with Crippen molar-refractivity contribution in [2.75, 3.05) is 13.1 Å². The molecule has 7 nitrogen and oxygen atoms in total. The van der Waals surface area contributed by atoms with E-state index in [-0.39, 0.29) is 29.5 Å². The van der Waals surface area contributed by atoms with Gasteiger partial charge in [-0.25, -0.2) is 13.1 Å². The van der Waals surface area contributed by atoms with Crippen molar-refractivity contribution >= 4 is 21.8 Å². The Labute approximate surface area is 174 Å². The molecule has 0 aliphatic carbocycles. The summed E-state index contributed by atoms with van der Waals surface area (Å²) in [6.07, 6.45) is 2.81. The van der Waals surface area contributed by atoms with E-state index in [9.17, 15) is 18.0 Å². The van der Waals surface area contributed by atoms with Gasteiger partial charge in [-0.15, -0.1) is 0 Å². The van der Waals surface area contributed by atoms with E-state index < -0.39 is 10.0 Å². The highest BCUT2D eigenvalue weighted by Crippen LogP contribution is 2.18. The van der Waals surface area contributed by atoms with E-state index in [1.165, 1.54) is 0 Å². The first-order chi connectivity index (χ1) is 13.7. The van der Waals surface area contributed by atoms with Gasteiger partial charge in [0.1, 0.15) is 0 Å². The minimum atomic E-state index is -3.35. The van der Waals surface area contributed by atoms with E-state index in [1.807, 2.05) is 24.0 Å². The molecule has 0 saturated carbocycles. The van der Waals surface area contributed by atoms with E-state index in [1.54, 1.807) is 26.0 Å². The van der Waals surface area contributed by atoms with Crippen LogP contribution in [0.3, 0.4) is 0 Å². The van der Waals surface area contributed by atoms with Gasteiger partial charge in [0.05, 0.1) is 5.75 Å². The van der Waals surface area contributed by atoms with Crippen LogP contribution in [-0.4, -0.2) is 44.3 Å². The molecule has 2 N–H and O–H groups in total. The number of sulfonamides is 1. The Bertz CT molecular complexity index is 783. The molecule has 1 fully saturated rings. The minimum absolute atomic E-state index is 0.0142. The molecule has 0 spiro atoms. The molecule has 1 saturated heterocycles. The number of benzene rings is 1. The van der Waals surface area contributed by atoms with Crippen molar-refractivity contribution in [1.29, 1.82) is 0 Å². The second-order valence-electron chi connectivity index (χ2n) is 7.97. The van der Waals surface area contributed by atoms with Gasteiger partial charge in [0, 0.05) is 38.0 Å². The highest BCUT2D eigenvalue weighted by Gasteiger charge is 2.26. The van der Waals surface area contributed by atoms with E-state index in [0.717, 1.165) is 12.0 Å². The topological polar surface area (TPSA) is 95.6 Å². The number of nitrogens with zero attached hydrogens (tertiary/aromatic N) is 1. The second kappa shape index (κ2) is 10.7. The SMILES string of the molecule is CCCC(=O)N1CCC(C(=O)NCc2ccc(CS(=O)(=O)NC(C)C)cc2)CC1. The molecular formula is C21H33N3O4S. The van der Waals surface area contributed by atoms with Gasteiger partial charge in [-0.05, 0) is 44.2 Å². The fourth-order valence-electron chi connectivity index (χ4n) is 3.47. The summed E-state index contributed by atoms with van der Waals surface area (Å²) in [5.41, 5.74) is 1.63. The molecule has 1 aromatic rings. The fourth-order valence-corrected chi connectivity index (χ4v) is 4.90. The number of hydrogen-bond acceptors (Lipinski definition) is 4. The molecule has 162 valence electrons. The zero-order chi connectivity index (χ0) is 21.4. The van der Waals surface area contributed by atoms with Crippen molar-refractivity contribution < 1.29 is 18.0 Å². The largest absolute Gasteiger partial charge is 0.352 e. The molecule has 0 atom stereocenters.